The minimum absolute atomic E-state index is 0.218. The number of carbonyl (C=O) groups is 1. The molecule has 2 aliphatic heterocycles. The van der Waals surface area contributed by atoms with E-state index in [1.54, 1.807) is 11.8 Å². The van der Waals surface area contributed by atoms with Gasteiger partial charge in [0.05, 0.1) is 32.1 Å². The lowest BCUT2D eigenvalue weighted by Crippen LogP contribution is -2.45. The Morgan fingerprint density at radius 1 is 1.03 bits per heavy atom. The number of rotatable bonds is 5. The Bertz CT molecular complexity index is 1370. The molecule has 4 aromatic rings. The number of anilines is 1. The third-order valence-corrected chi connectivity index (χ3v) is 6.52. The zero-order valence-corrected chi connectivity index (χ0v) is 19.0. The number of carbonyl (C=O) groups excluding carboxylic acids is 1. The molecular formula is C25H24N6O4. The molecule has 10 heteroatoms. The molecule has 35 heavy (non-hydrogen) atoms. The number of tetrazole rings is 1. The van der Waals surface area contributed by atoms with Crippen molar-refractivity contribution in [2.45, 2.75) is 24.3 Å². The maximum absolute atomic E-state index is 12.8. The van der Waals surface area contributed by atoms with Gasteiger partial charge in [-0.05, 0) is 34.0 Å². The van der Waals surface area contributed by atoms with Crippen molar-refractivity contribution in [1.29, 1.82) is 0 Å². The van der Waals surface area contributed by atoms with Crippen molar-refractivity contribution >= 4 is 22.5 Å². The first-order chi connectivity index (χ1) is 17.2. The fraction of sp³-hybridized carbons (Fsp3) is 0.280. The molecule has 1 aromatic heterocycles. The summed E-state index contributed by atoms with van der Waals surface area (Å²) in [7, 11) is 1.62. The predicted octanol–water partition coefficient (Wildman–Crippen LogP) is 3.03. The SMILES string of the molecule is COc1cccc(-c2nnnn2[C@H]2CO[C@H]3[C@@H]2OC[C@@H]3NC(=O)Nc2cccc3ccccc23)c1. The van der Waals surface area contributed by atoms with Gasteiger partial charge in [-0.15, -0.1) is 5.10 Å². The minimum Gasteiger partial charge on any atom is -0.497 e. The summed E-state index contributed by atoms with van der Waals surface area (Å²) >= 11 is 0. The first-order valence-corrected chi connectivity index (χ1v) is 11.4. The number of fused-ring (bicyclic) bond motifs is 2. The summed E-state index contributed by atoms with van der Waals surface area (Å²) in [6, 6.07) is 20.5. The van der Waals surface area contributed by atoms with Crippen molar-refractivity contribution in [3.63, 3.8) is 0 Å². The lowest BCUT2D eigenvalue weighted by Gasteiger charge is -2.19. The number of ether oxygens (including phenoxy) is 3. The van der Waals surface area contributed by atoms with Crippen LogP contribution in [0.1, 0.15) is 6.04 Å². The van der Waals surface area contributed by atoms with Crippen LogP contribution < -0.4 is 15.4 Å². The van der Waals surface area contributed by atoms with Crippen molar-refractivity contribution in [2.75, 3.05) is 25.6 Å². The first-order valence-electron chi connectivity index (χ1n) is 11.4. The second-order valence-corrected chi connectivity index (χ2v) is 8.57. The van der Waals surface area contributed by atoms with E-state index in [1.807, 2.05) is 66.7 Å². The Hall–Kier alpha value is -4.02. The van der Waals surface area contributed by atoms with Crippen molar-refractivity contribution < 1.29 is 19.0 Å². The number of nitrogens with one attached hydrogen (secondary N) is 2. The van der Waals surface area contributed by atoms with Crippen LogP contribution in [0.15, 0.2) is 66.7 Å². The Kier molecular flexibility index (Phi) is 5.51. The number of nitrogens with zero attached hydrogens (tertiary/aromatic N) is 4. The Morgan fingerprint density at radius 2 is 1.86 bits per heavy atom. The summed E-state index contributed by atoms with van der Waals surface area (Å²) < 4.78 is 19.2. The fourth-order valence-corrected chi connectivity index (χ4v) is 4.84. The van der Waals surface area contributed by atoms with Gasteiger partial charge in [-0.25, -0.2) is 9.48 Å². The predicted molar refractivity (Wildman–Crippen MR) is 128 cm³/mol. The van der Waals surface area contributed by atoms with Gasteiger partial charge in [-0.3, -0.25) is 0 Å². The first kappa shape index (κ1) is 21.5. The van der Waals surface area contributed by atoms with Gasteiger partial charge in [0.25, 0.3) is 0 Å². The number of urea groups is 1. The second kappa shape index (κ2) is 8.97. The number of benzene rings is 3. The van der Waals surface area contributed by atoms with E-state index < -0.39 is 0 Å². The van der Waals surface area contributed by atoms with E-state index in [1.165, 1.54) is 0 Å². The van der Waals surface area contributed by atoms with Crippen LogP contribution in [0.25, 0.3) is 22.2 Å². The minimum atomic E-state index is -0.305. The van der Waals surface area contributed by atoms with E-state index >= 15 is 0 Å². The molecule has 0 unspecified atom stereocenters. The summed E-state index contributed by atoms with van der Waals surface area (Å²) in [4.78, 5) is 12.8. The van der Waals surface area contributed by atoms with Crippen LogP contribution in [-0.4, -0.2) is 64.8 Å². The van der Waals surface area contributed by atoms with E-state index in [4.69, 9.17) is 14.2 Å². The molecule has 3 heterocycles. The van der Waals surface area contributed by atoms with Crippen molar-refractivity contribution in [1.82, 2.24) is 25.5 Å². The average Bonchev–Trinajstić information content (AvgIpc) is 3.62. The number of hydrogen-bond acceptors (Lipinski definition) is 7. The molecule has 4 atom stereocenters. The Balaban J connectivity index is 1.16. The highest BCUT2D eigenvalue weighted by atomic mass is 16.6. The van der Waals surface area contributed by atoms with Gasteiger partial charge in [0.15, 0.2) is 5.82 Å². The fourth-order valence-electron chi connectivity index (χ4n) is 4.84. The molecule has 0 aliphatic carbocycles. The van der Waals surface area contributed by atoms with Crippen LogP contribution >= 0.6 is 0 Å². The monoisotopic (exact) mass is 472 g/mol. The molecule has 0 saturated carbocycles. The molecule has 2 fully saturated rings. The molecule has 0 radical (unpaired) electrons. The van der Waals surface area contributed by atoms with Crippen molar-refractivity contribution in [3.8, 4) is 17.1 Å². The zero-order valence-electron chi connectivity index (χ0n) is 19.0. The molecule has 0 spiro atoms. The van der Waals surface area contributed by atoms with Crippen LogP contribution in [0, 0.1) is 0 Å². The molecule has 2 saturated heterocycles. The quantitative estimate of drug-likeness (QED) is 0.459. The van der Waals surface area contributed by atoms with Gasteiger partial charge in [0.1, 0.15) is 24.0 Å². The number of hydrogen-bond donors (Lipinski definition) is 2. The standard InChI is InChI=1S/C25H24N6O4/c1-33-17-9-4-8-16(12-17)24-28-29-30-31(24)21-14-35-22-20(13-34-23(21)22)27-25(32)26-19-11-5-7-15-6-2-3-10-18(15)19/h2-12,20-23H,13-14H2,1H3,(H2,26,27,32)/t20-,21-,22+,23+/m0/s1. The third kappa shape index (κ3) is 3.96. The zero-order chi connectivity index (χ0) is 23.8. The van der Waals surface area contributed by atoms with E-state index in [0.29, 0.717) is 19.0 Å². The smallest absolute Gasteiger partial charge is 0.319 e. The molecular weight excluding hydrogens is 448 g/mol. The van der Waals surface area contributed by atoms with E-state index in [9.17, 15) is 4.79 Å². The topological polar surface area (TPSA) is 112 Å². The van der Waals surface area contributed by atoms with Crippen LogP contribution in [0.5, 0.6) is 5.75 Å². The van der Waals surface area contributed by atoms with Gasteiger partial charge in [0.2, 0.25) is 0 Å². The van der Waals surface area contributed by atoms with E-state index in [0.717, 1.165) is 27.8 Å². The Labute approximate surface area is 201 Å². The van der Waals surface area contributed by atoms with Crippen LogP contribution in [0.2, 0.25) is 0 Å². The van der Waals surface area contributed by atoms with Crippen LogP contribution in [-0.2, 0) is 9.47 Å². The van der Waals surface area contributed by atoms with Gasteiger partial charge >= 0.3 is 6.03 Å². The normalized spacial score (nSPS) is 23.2. The maximum atomic E-state index is 12.8. The summed E-state index contributed by atoms with van der Waals surface area (Å²) in [5.41, 5.74) is 1.58. The molecule has 3 aromatic carbocycles. The third-order valence-electron chi connectivity index (χ3n) is 6.52. The number of amides is 2. The van der Waals surface area contributed by atoms with Crippen LogP contribution in [0.3, 0.4) is 0 Å². The summed E-state index contributed by atoms with van der Waals surface area (Å²) in [5.74, 6) is 1.32. The summed E-state index contributed by atoms with van der Waals surface area (Å²) in [6.45, 7) is 0.714. The van der Waals surface area contributed by atoms with Crippen LogP contribution in [0.4, 0.5) is 10.5 Å². The highest BCUT2D eigenvalue weighted by Crippen LogP contribution is 2.36. The summed E-state index contributed by atoms with van der Waals surface area (Å²) in [5, 5.41) is 20.3. The molecule has 2 N–H and O–H groups in total. The van der Waals surface area contributed by atoms with Gasteiger partial charge in [-0.1, -0.05) is 48.5 Å². The highest BCUT2D eigenvalue weighted by Gasteiger charge is 2.50. The molecule has 10 nitrogen and oxygen atoms in total. The van der Waals surface area contributed by atoms with Gasteiger partial charge in [-0.2, -0.15) is 0 Å². The second-order valence-electron chi connectivity index (χ2n) is 8.57. The lowest BCUT2D eigenvalue weighted by atomic mass is 10.1. The highest BCUT2D eigenvalue weighted by molar-refractivity contribution is 6.01. The Morgan fingerprint density at radius 3 is 2.77 bits per heavy atom. The van der Waals surface area contributed by atoms with Gasteiger partial charge in [0, 0.05) is 10.9 Å². The lowest BCUT2D eigenvalue weighted by molar-refractivity contribution is 0.0624. The number of methoxy groups -OCH3 is 1. The van der Waals surface area contributed by atoms with Gasteiger partial charge < -0.3 is 24.8 Å². The average molecular weight is 473 g/mol. The molecule has 0 bridgehead atoms. The number of aromatic nitrogens is 4. The molecule has 178 valence electrons. The summed E-state index contributed by atoms with van der Waals surface area (Å²) in [6.07, 6.45) is -0.591. The molecule has 2 aliphatic rings. The largest absolute Gasteiger partial charge is 0.497 e. The molecule has 2 amide bonds. The maximum Gasteiger partial charge on any atom is 0.319 e. The molecule has 6 rings (SSSR count). The van der Waals surface area contributed by atoms with Crippen molar-refractivity contribution in [2.24, 2.45) is 0 Å². The van der Waals surface area contributed by atoms with Crippen molar-refractivity contribution in [3.05, 3.63) is 66.7 Å². The van der Waals surface area contributed by atoms with E-state index in [-0.39, 0.29) is 30.3 Å². The van der Waals surface area contributed by atoms with E-state index in [2.05, 4.69) is 26.2 Å².